The highest BCUT2D eigenvalue weighted by molar-refractivity contribution is 9.10. The van der Waals surface area contributed by atoms with Gasteiger partial charge in [-0.05, 0) is 71.7 Å². The van der Waals surface area contributed by atoms with E-state index in [-0.39, 0.29) is 11.4 Å². The van der Waals surface area contributed by atoms with Crippen molar-refractivity contribution in [2.24, 2.45) is 0 Å². The van der Waals surface area contributed by atoms with E-state index in [0.717, 1.165) is 19.9 Å². The first-order valence-electron chi connectivity index (χ1n) is 8.98. The summed E-state index contributed by atoms with van der Waals surface area (Å²) in [6, 6.07) is 20.7. The number of sulfonamides is 1. The lowest BCUT2D eigenvalue weighted by atomic mass is 10.2. The third-order valence-corrected chi connectivity index (χ3v) is 6.78. The molecule has 0 aliphatic heterocycles. The lowest BCUT2D eigenvalue weighted by Crippen LogP contribution is -2.38. The van der Waals surface area contributed by atoms with Gasteiger partial charge < -0.3 is 5.32 Å². The number of carbonyl (C=O) groups is 1. The standard InChI is InChI=1S/C22H21BrN2O3S/c1-16-8-11-19(12-9-16)29(27,28)25(18-6-4-3-5-7-18)15-22(26)24-21-13-10-17(2)14-20(21)23/h3-14H,15H2,1-2H3,(H,24,26). The highest BCUT2D eigenvalue weighted by Crippen LogP contribution is 2.26. The van der Waals surface area contributed by atoms with Crippen LogP contribution in [0.5, 0.6) is 0 Å². The van der Waals surface area contributed by atoms with Gasteiger partial charge in [0, 0.05) is 4.47 Å². The van der Waals surface area contributed by atoms with Crippen LogP contribution in [-0.4, -0.2) is 20.9 Å². The Bertz CT molecular complexity index is 1110. The van der Waals surface area contributed by atoms with E-state index >= 15 is 0 Å². The van der Waals surface area contributed by atoms with E-state index in [4.69, 9.17) is 0 Å². The third-order valence-electron chi connectivity index (χ3n) is 4.34. The van der Waals surface area contributed by atoms with E-state index in [1.807, 2.05) is 26.0 Å². The summed E-state index contributed by atoms with van der Waals surface area (Å²) in [5.74, 6) is -0.436. The minimum Gasteiger partial charge on any atom is -0.323 e. The Morgan fingerprint density at radius 3 is 2.17 bits per heavy atom. The molecule has 0 aromatic heterocycles. The van der Waals surface area contributed by atoms with Crippen LogP contribution in [0.1, 0.15) is 11.1 Å². The highest BCUT2D eigenvalue weighted by atomic mass is 79.9. The van der Waals surface area contributed by atoms with Gasteiger partial charge in [-0.2, -0.15) is 0 Å². The Balaban J connectivity index is 1.92. The van der Waals surface area contributed by atoms with Crippen molar-refractivity contribution in [2.45, 2.75) is 18.7 Å². The number of aryl methyl sites for hydroxylation is 2. The smallest absolute Gasteiger partial charge is 0.264 e. The van der Waals surface area contributed by atoms with Gasteiger partial charge >= 0.3 is 0 Å². The van der Waals surface area contributed by atoms with Gasteiger partial charge in [-0.1, -0.05) is 42.0 Å². The summed E-state index contributed by atoms with van der Waals surface area (Å²) in [5, 5.41) is 2.78. The van der Waals surface area contributed by atoms with Crippen LogP contribution in [0.2, 0.25) is 0 Å². The Morgan fingerprint density at radius 2 is 1.55 bits per heavy atom. The zero-order valence-corrected chi connectivity index (χ0v) is 18.5. The molecule has 3 aromatic carbocycles. The average molecular weight is 473 g/mol. The molecule has 0 heterocycles. The van der Waals surface area contributed by atoms with E-state index in [9.17, 15) is 13.2 Å². The average Bonchev–Trinajstić information content (AvgIpc) is 2.69. The van der Waals surface area contributed by atoms with E-state index in [1.165, 1.54) is 0 Å². The minimum absolute atomic E-state index is 0.135. The Kier molecular flexibility index (Phi) is 6.39. The SMILES string of the molecule is Cc1ccc(S(=O)(=O)N(CC(=O)Nc2ccc(C)cc2Br)c2ccccc2)cc1. The van der Waals surface area contributed by atoms with Crippen molar-refractivity contribution in [3.05, 3.63) is 88.4 Å². The Labute approximate surface area is 179 Å². The second-order valence-corrected chi connectivity index (χ2v) is 9.41. The Hall–Kier alpha value is -2.64. The lowest BCUT2D eigenvalue weighted by Gasteiger charge is -2.24. The van der Waals surface area contributed by atoms with Crippen LogP contribution in [0.25, 0.3) is 0 Å². The molecule has 29 heavy (non-hydrogen) atoms. The van der Waals surface area contributed by atoms with E-state index in [0.29, 0.717) is 11.4 Å². The number of halogens is 1. The zero-order valence-electron chi connectivity index (χ0n) is 16.1. The largest absolute Gasteiger partial charge is 0.323 e. The van der Waals surface area contributed by atoms with Gasteiger partial charge in [-0.25, -0.2) is 8.42 Å². The first kappa shape index (κ1) is 21.1. The molecule has 1 amide bonds. The van der Waals surface area contributed by atoms with Crippen LogP contribution in [0, 0.1) is 13.8 Å². The van der Waals surface area contributed by atoms with E-state index < -0.39 is 15.9 Å². The van der Waals surface area contributed by atoms with Crippen LogP contribution in [0.3, 0.4) is 0 Å². The number of anilines is 2. The van der Waals surface area contributed by atoms with Gasteiger partial charge in [0.05, 0.1) is 16.3 Å². The van der Waals surface area contributed by atoms with Crippen molar-refractivity contribution < 1.29 is 13.2 Å². The molecule has 150 valence electrons. The molecular formula is C22H21BrN2O3S. The van der Waals surface area contributed by atoms with Crippen LogP contribution < -0.4 is 9.62 Å². The predicted octanol–water partition coefficient (Wildman–Crippen LogP) is 4.90. The third kappa shape index (κ3) is 5.05. The second-order valence-electron chi connectivity index (χ2n) is 6.69. The molecular weight excluding hydrogens is 452 g/mol. The number of hydrogen-bond donors (Lipinski definition) is 1. The first-order chi connectivity index (χ1) is 13.8. The quantitative estimate of drug-likeness (QED) is 0.554. The molecule has 0 spiro atoms. The molecule has 3 aromatic rings. The molecule has 7 heteroatoms. The maximum absolute atomic E-state index is 13.3. The fourth-order valence-corrected chi connectivity index (χ4v) is 4.80. The summed E-state index contributed by atoms with van der Waals surface area (Å²) in [4.78, 5) is 12.9. The molecule has 0 saturated carbocycles. The normalized spacial score (nSPS) is 11.1. The van der Waals surface area contributed by atoms with Crippen LogP contribution in [0.4, 0.5) is 11.4 Å². The van der Waals surface area contributed by atoms with Gasteiger partial charge in [0.25, 0.3) is 10.0 Å². The summed E-state index contributed by atoms with van der Waals surface area (Å²) >= 11 is 3.42. The number of benzene rings is 3. The monoisotopic (exact) mass is 472 g/mol. The van der Waals surface area contributed by atoms with E-state index in [2.05, 4.69) is 21.2 Å². The van der Waals surface area contributed by atoms with Crippen LogP contribution in [-0.2, 0) is 14.8 Å². The number of hydrogen-bond acceptors (Lipinski definition) is 3. The van der Waals surface area contributed by atoms with Gasteiger partial charge in [0.2, 0.25) is 5.91 Å². The molecule has 1 N–H and O–H groups in total. The molecule has 0 radical (unpaired) electrons. The van der Waals surface area contributed by atoms with Crippen molar-refractivity contribution in [3.8, 4) is 0 Å². The highest BCUT2D eigenvalue weighted by Gasteiger charge is 2.27. The van der Waals surface area contributed by atoms with Gasteiger partial charge in [-0.3, -0.25) is 9.10 Å². The number of nitrogens with zero attached hydrogens (tertiary/aromatic N) is 1. The number of nitrogens with one attached hydrogen (secondary N) is 1. The molecule has 0 atom stereocenters. The first-order valence-corrected chi connectivity index (χ1v) is 11.2. The van der Waals surface area contributed by atoms with Crippen LogP contribution >= 0.6 is 15.9 Å². The predicted molar refractivity (Wildman–Crippen MR) is 120 cm³/mol. The van der Waals surface area contributed by atoms with Crippen molar-refractivity contribution in [1.82, 2.24) is 0 Å². The fourth-order valence-electron chi connectivity index (χ4n) is 2.79. The molecule has 0 saturated heterocycles. The summed E-state index contributed by atoms with van der Waals surface area (Å²) in [5.41, 5.74) is 3.01. The molecule has 0 unspecified atom stereocenters. The Morgan fingerprint density at radius 1 is 0.931 bits per heavy atom. The number of rotatable bonds is 6. The number of para-hydroxylation sites is 1. The summed E-state index contributed by atoms with van der Waals surface area (Å²) < 4.78 is 28.4. The van der Waals surface area contributed by atoms with E-state index in [1.54, 1.807) is 60.7 Å². The van der Waals surface area contributed by atoms with Gasteiger partial charge in [0.15, 0.2) is 0 Å². The summed E-state index contributed by atoms with van der Waals surface area (Å²) in [6.07, 6.45) is 0. The molecule has 0 aliphatic carbocycles. The van der Waals surface area contributed by atoms with Crippen molar-refractivity contribution >= 4 is 43.2 Å². The van der Waals surface area contributed by atoms with Gasteiger partial charge in [-0.15, -0.1) is 0 Å². The summed E-state index contributed by atoms with van der Waals surface area (Å²) in [6.45, 7) is 3.49. The molecule has 5 nitrogen and oxygen atoms in total. The van der Waals surface area contributed by atoms with Crippen molar-refractivity contribution in [1.29, 1.82) is 0 Å². The van der Waals surface area contributed by atoms with Crippen molar-refractivity contribution in [3.63, 3.8) is 0 Å². The molecule has 0 bridgehead atoms. The maximum atomic E-state index is 13.3. The topological polar surface area (TPSA) is 66.5 Å². The fraction of sp³-hybridized carbons (Fsp3) is 0.136. The second kappa shape index (κ2) is 8.80. The number of amides is 1. The zero-order chi connectivity index (χ0) is 21.0. The van der Waals surface area contributed by atoms with Crippen molar-refractivity contribution in [2.75, 3.05) is 16.2 Å². The minimum atomic E-state index is -3.91. The maximum Gasteiger partial charge on any atom is 0.264 e. The van der Waals surface area contributed by atoms with Gasteiger partial charge in [0.1, 0.15) is 6.54 Å². The lowest BCUT2D eigenvalue weighted by molar-refractivity contribution is -0.114. The summed E-state index contributed by atoms with van der Waals surface area (Å²) in [7, 11) is -3.91. The molecule has 0 aliphatic rings. The molecule has 3 rings (SSSR count). The van der Waals surface area contributed by atoms with Crippen LogP contribution in [0.15, 0.2) is 82.2 Å². The molecule has 0 fully saturated rings. The number of carbonyl (C=O) groups excluding carboxylic acids is 1.